The van der Waals surface area contributed by atoms with Crippen LogP contribution < -0.4 is 20.7 Å². The summed E-state index contributed by atoms with van der Waals surface area (Å²) in [5, 5.41) is 8.17. The predicted octanol–water partition coefficient (Wildman–Crippen LogP) is 2.19. The van der Waals surface area contributed by atoms with Crippen LogP contribution in [0.25, 0.3) is 0 Å². The third kappa shape index (κ3) is 7.63. The summed E-state index contributed by atoms with van der Waals surface area (Å²) < 4.78 is 41.0. The van der Waals surface area contributed by atoms with Gasteiger partial charge in [-0.2, -0.15) is 0 Å². The summed E-state index contributed by atoms with van der Waals surface area (Å²) >= 11 is 0. The van der Waals surface area contributed by atoms with Crippen molar-refractivity contribution in [3.05, 3.63) is 42.5 Å². The van der Waals surface area contributed by atoms with Crippen LogP contribution in [-0.2, 0) is 24.3 Å². The topological polar surface area (TPSA) is 135 Å². The van der Waals surface area contributed by atoms with Gasteiger partial charge >= 0.3 is 6.09 Å². The number of rotatable bonds is 11. The van der Waals surface area contributed by atoms with E-state index in [1.807, 2.05) is 0 Å². The average Bonchev–Trinajstić information content (AvgIpc) is 2.78. The van der Waals surface area contributed by atoms with Crippen molar-refractivity contribution in [1.29, 1.82) is 0 Å². The van der Waals surface area contributed by atoms with Crippen molar-refractivity contribution in [2.45, 2.75) is 4.90 Å². The van der Waals surface area contributed by atoms with E-state index in [2.05, 4.69) is 16.0 Å². The van der Waals surface area contributed by atoms with Crippen LogP contribution >= 0.6 is 0 Å². The zero-order chi connectivity index (χ0) is 24.4. The minimum atomic E-state index is -3.77. The molecular formula is C21H28N4O7S. The number of carbonyl (C=O) groups is 2. The van der Waals surface area contributed by atoms with Gasteiger partial charge in [-0.15, -0.1) is 0 Å². The summed E-state index contributed by atoms with van der Waals surface area (Å²) in [5.41, 5.74) is 1.37. The molecule has 2 aromatic carbocycles. The van der Waals surface area contributed by atoms with E-state index >= 15 is 0 Å². The maximum Gasteiger partial charge on any atom is 0.411 e. The first-order valence-electron chi connectivity index (χ1n) is 9.84. The van der Waals surface area contributed by atoms with E-state index in [-0.39, 0.29) is 23.8 Å². The summed E-state index contributed by atoms with van der Waals surface area (Å²) in [7, 11) is 1.93. The average molecular weight is 481 g/mol. The van der Waals surface area contributed by atoms with Gasteiger partial charge in [-0.3, -0.25) is 10.1 Å². The Morgan fingerprint density at radius 2 is 1.64 bits per heavy atom. The lowest BCUT2D eigenvalue weighted by molar-refractivity contribution is -0.114. The number of ether oxygens (including phenoxy) is 3. The van der Waals surface area contributed by atoms with Crippen LogP contribution in [0.3, 0.4) is 0 Å². The number of hydrogen-bond acceptors (Lipinski definition) is 8. The quantitative estimate of drug-likeness (QED) is 0.417. The SMILES string of the molecule is COCCOC(=O)Nc1cccc(NCC(=O)Nc2ccc(OC)c(S(=O)(=O)N(C)C)c2)c1. The molecule has 0 aliphatic carbocycles. The maximum atomic E-state index is 12.5. The number of carbonyl (C=O) groups excluding carboxylic acids is 2. The second-order valence-electron chi connectivity index (χ2n) is 6.89. The number of nitrogens with one attached hydrogen (secondary N) is 3. The Kier molecular flexibility index (Phi) is 9.45. The van der Waals surface area contributed by atoms with Gasteiger partial charge in [0, 0.05) is 38.3 Å². The molecular weight excluding hydrogens is 452 g/mol. The molecule has 0 aromatic heterocycles. The number of hydrogen-bond donors (Lipinski definition) is 3. The van der Waals surface area contributed by atoms with Gasteiger partial charge in [0.05, 0.1) is 20.3 Å². The van der Waals surface area contributed by atoms with Gasteiger partial charge in [-0.05, 0) is 36.4 Å². The van der Waals surface area contributed by atoms with Gasteiger partial charge in [0.2, 0.25) is 15.9 Å². The number of anilines is 3. The van der Waals surface area contributed by atoms with E-state index in [1.54, 1.807) is 30.3 Å². The molecule has 11 nitrogen and oxygen atoms in total. The van der Waals surface area contributed by atoms with E-state index < -0.39 is 22.0 Å². The van der Waals surface area contributed by atoms with Gasteiger partial charge in [0.25, 0.3) is 0 Å². The van der Waals surface area contributed by atoms with Crippen LogP contribution in [-0.4, -0.2) is 72.8 Å². The first-order valence-corrected chi connectivity index (χ1v) is 11.3. The number of amides is 2. The van der Waals surface area contributed by atoms with Gasteiger partial charge < -0.3 is 24.8 Å². The molecule has 0 spiro atoms. The van der Waals surface area contributed by atoms with E-state index in [9.17, 15) is 18.0 Å². The number of benzene rings is 2. The van der Waals surface area contributed by atoms with Crippen molar-refractivity contribution >= 4 is 39.1 Å². The Morgan fingerprint density at radius 1 is 0.939 bits per heavy atom. The molecule has 0 unspecified atom stereocenters. The Labute approximate surface area is 193 Å². The van der Waals surface area contributed by atoms with Crippen LogP contribution in [0.4, 0.5) is 21.9 Å². The van der Waals surface area contributed by atoms with Crippen LogP contribution in [0.15, 0.2) is 47.4 Å². The summed E-state index contributed by atoms with van der Waals surface area (Å²) in [4.78, 5) is 24.0. The lowest BCUT2D eigenvalue weighted by Gasteiger charge is -2.16. The normalized spacial score (nSPS) is 11.1. The Hall–Kier alpha value is -3.35. The molecule has 12 heteroatoms. The molecule has 2 amide bonds. The van der Waals surface area contributed by atoms with Crippen LogP contribution in [0, 0.1) is 0 Å². The third-order valence-electron chi connectivity index (χ3n) is 4.29. The maximum absolute atomic E-state index is 12.5. The molecule has 180 valence electrons. The second kappa shape index (κ2) is 12.0. The van der Waals surface area contributed by atoms with Crippen LogP contribution in [0.1, 0.15) is 0 Å². The highest BCUT2D eigenvalue weighted by atomic mass is 32.2. The summed E-state index contributed by atoms with van der Waals surface area (Å²) in [6.45, 7) is 0.327. The molecule has 0 radical (unpaired) electrons. The highest BCUT2D eigenvalue weighted by Crippen LogP contribution is 2.28. The van der Waals surface area contributed by atoms with Gasteiger partial charge in [0.15, 0.2) is 0 Å². The van der Waals surface area contributed by atoms with Gasteiger partial charge in [-0.25, -0.2) is 17.5 Å². The monoisotopic (exact) mass is 480 g/mol. The zero-order valence-corrected chi connectivity index (χ0v) is 19.7. The first-order chi connectivity index (χ1) is 15.7. The van der Waals surface area contributed by atoms with E-state index in [1.165, 1.54) is 40.4 Å². The summed E-state index contributed by atoms with van der Waals surface area (Å²) in [6, 6.07) is 11.1. The fourth-order valence-corrected chi connectivity index (χ4v) is 3.69. The van der Waals surface area contributed by atoms with Crippen molar-refractivity contribution in [2.24, 2.45) is 0 Å². The fourth-order valence-electron chi connectivity index (χ4n) is 2.62. The molecule has 0 bridgehead atoms. The lowest BCUT2D eigenvalue weighted by Crippen LogP contribution is -2.24. The first kappa shape index (κ1) is 25.9. The second-order valence-corrected chi connectivity index (χ2v) is 9.01. The molecule has 2 aromatic rings. The molecule has 0 aliphatic rings. The standard InChI is InChI=1S/C21H28N4O7S/c1-25(2)33(28,29)19-13-17(8-9-18(19)31-4)23-20(26)14-22-15-6-5-7-16(12-15)24-21(27)32-11-10-30-3/h5-9,12-13,22H,10-11,14H2,1-4H3,(H,23,26)(H,24,27). The van der Waals surface area contributed by atoms with Gasteiger partial charge in [-0.1, -0.05) is 6.07 Å². The van der Waals surface area contributed by atoms with Crippen molar-refractivity contribution in [2.75, 3.05) is 64.0 Å². The van der Waals surface area contributed by atoms with Crippen molar-refractivity contribution in [3.63, 3.8) is 0 Å². The Balaban J connectivity index is 1.99. The zero-order valence-electron chi connectivity index (χ0n) is 18.9. The molecule has 0 saturated carbocycles. The van der Waals surface area contributed by atoms with Crippen molar-refractivity contribution in [1.82, 2.24) is 4.31 Å². The molecule has 33 heavy (non-hydrogen) atoms. The highest BCUT2D eigenvalue weighted by Gasteiger charge is 2.23. The molecule has 0 atom stereocenters. The van der Waals surface area contributed by atoms with Crippen molar-refractivity contribution < 1.29 is 32.2 Å². The number of methoxy groups -OCH3 is 2. The summed E-state index contributed by atoms with van der Waals surface area (Å²) in [6.07, 6.45) is -0.620. The molecule has 2 rings (SSSR count). The Morgan fingerprint density at radius 3 is 2.30 bits per heavy atom. The molecule has 0 fully saturated rings. The molecule has 0 saturated heterocycles. The largest absolute Gasteiger partial charge is 0.495 e. The van der Waals surface area contributed by atoms with Gasteiger partial charge in [0.1, 0.15) is 17.3 Å². The molecule has 3 N–H and O–H groups in total. The predicted molar refractivity (Wildman–Crippen MR) is 124 cm³/mol. The number of nitrogens with zero attached hydrogens (tertiary/aromatic N) is 1. The van der Waals surface area contributed by atoms with E-state index in [4.69, 9.17) is 14.2 Å². The Bertz CT molecular complexity index is 1070. The van der Waals surface area contributed by atoms with E-state index in [0.29, 0.717) is 23.7 Å². The molecule has 0 aliphatic heterocycles. The van der Waals surface area contributed by atoms with Crippen molar-refractivity contribution in [3.8, 4) is 5.75 Å². The minimum absolute atomic E-state index is 0.0584. The van der Waals surface area contributed by atoms with E-state index in [0.717, 1.165) is 4.31 Å². The number of sulfonamides is 1. The third-order valence-corrected chi connectivity index (χ3v) is 6.12. The fraction of sp³-hybridized carbons (Fsp3) is 0.333. The lowest BCUT2D eigenvalue weighted by atomic mass is 10.2. The van der Waals surface area contributed by atoms with Crippen LogP contribution in [0.2, 0.25) is 0 Å². The highest BCUT2D eigenvalue weighted by molar-refractivity contribution is 7.89. The smallest absolute Gasteiger partial charge is 0.411 e. The minimum Gasteiger partial charge on any atom is -0.495 e. The summed E-state index contributed by atoms with van der Waals surface area (Å²) in [5.74, 6) is -0.226. The molecule has 0 heterocycles. The van der Waals surface area contributed by atoms with Crippen LogP contribution in [0.5, 0.6) is 5.75 Å².